The zero-order valence-electron chi connectivity index (χ0n) is 15.8. The Kier molecular flexibility index (Phi) is 6.67. The number of Topliss-reactive ketones (excluding diaryl/α,β-unsaturated/α-hetero) is 1. The average molecular weight is 398 g/mol. The molecule has 0 atom stereocenters. The van der Waals surface area contributed by atoms with E-state index in [0.717, 1.165) is 38.5 Å². The molecule has 1 amide bonds. The van der Waals surface area contributed by atoms with Crippen molar-refractivity contribution in [2.24, 2.45) is 0 Å². The number of aromatic nitrogens is 5. The molecule has 0 aromatic carbocycles. The highest BCUT2D eigenvalue weighted by molar-refractivity contribution is 6.04. The number of pyridine rings is 1. The first-order valence-electron chi connectivity index (χ1n) is 9.06. The Balaban J connectivity index is 0.000000176. The molecule has 0 saturated carbocycles. The third-order valence-corrected chi connectivity index (χ3v) is 4.20. The molecule has 0 bridgehead atoms. The predicted octanol–water partition coefficient (Wildman–Crippen LogP) is 2.58. The largest absolute Gasteiger partial charge is 0.342 e. The van der Waals surface area contributed by atoms with Gasteiger partial charge in [0.1, 0.15) is 17.2 Å². The Hall–Kier alpha value is -3.56. The molecule has 1 saturated heterocycles. The third-order valence-electron chi connectivity index (χ3n) is 4.20. The summed E-state index contributed by atoms with van der Waals surface area (Å²) < 4.78 is 16.9. The van der Waals surface area contributed by atoms with Gasteiger partial charge in [0.15, 0.2) is 11.5 Å². The van der Waals surface area contributed by atoms with Gasteiger partial charge in [-0.05, 0) is 31.4 Å². The average Bonchev–Trinajstić information content (AvgIpc) is 3.30. The maximum Gasteiger partial charge on any atom is 0.274 e. The topological polar surface area (TPSA) is 115 Å². The van der Waals surface area contributed by atoms with E-state index in [1.54, 1.807) is 4.90 Å². The van der Waals surface area contributed by atoms with E-state index in [4.69, 9.17) is 0 Å². The monoisotopic (exact) mass is 398 g/mol. The number of carbonyl (C=O) groups excluding carboxylic acids is 2. The smallest absolute Gasteiger partial charge is 0.274 e. The van der Waals surface area contributed by atoms with Crippen LogP contribution in [0.3, 0.4) is 0 Å². The van der Waals surface area contributed by atoms with E-state index in [-0.39, 0.29) is 28.9 Å². The van der Waals surface area contributed by atoms with Crippen molar-refractivity contribution in [1.29, 1.82) is 0 Å². The predicted molar refractivity (Wildman–Crippen MR) is 99.3 cm³/mol. The third kappa shape index (κ3) is 5.24. The number of hydrogen-bond acceptors (Lipinski definition) is 8. The van der Waals surface area contributed by atoms with Gasteiger partial charge >= 0.3 is 0 Å². The first-order chi connectivity index (χ1) is 14.1. The molecule has 0 radical (unpaired) electrons. The normalized spacial score (nSPS) is 13.4. The van der Waals surface area contributed by atoms with Crippen molar-refractivity contribution in [3.8, 4) is 11.5 Å². The molecule has 150 valence electrons. The molecule has 3 aromatic rings. The van der Waals surface area contributed by atoms with Crippen LogP contribution in [-0.2, 0) is 0 Å². The van der Waals surface area contributed by atoms with Gasteiger partial charge in [-0.3, -0.25) is 9.59 Å². The van der Waals surface area contributed by atoms with E-state index in [0.29, 0.717) is 11.5 Å². The summed E-state index contributed by atoms with van der Waals surface area (Å²) >= 11 is 0. The van der Waals surface area contributed by atoms with Crippen LogP contribution in [0.1, 0.15) is 47.2 Å². The fourth-order valence-electron chi connectivity index (χ4n) is 2.79. The molecular formula is C19H19FN6O3. The second-order valence-corrected chi connectivity index (χ2v) is 6.28. The minimum absolute atomic E-state index is 0.170. The maximum atomic E-state index is 12.4. The molecule has 10 heteroatoms. The van der Waals surface area contributed by atoms with Crippen LogP contribution < -0.4 is 0 Å². The zero-order valence-corrected chi connectivity index (χ0v) is 15.8. The van der Waals surface area contributed by atoms with Gasteiger partial charge in [0.05, 0.1) is 6.20 Å². The molecule has 0 aliphatic carbocycles. The van der Waals surface area contributed by atoms with E-state index < -0.39 is 0 Å². The maximum absolute atomic E-state index is 12.4. The number of carbonyl (C=O) groups is 2. The molecule has 3 aromatic heterocycles. The summed E-state index contributed by atoms with van der Waals surface area (Å²) in [6, 6.07) is 2.78. The van der Waals surface area contributed by atoms with Crippen molar-refractivity contribution in [2.45, 2.75) is 26.2 Å². The van der Waals surface area contributed by atoms with Gasteiger partial charge in [0.25, 0.3) is 5.91 Å². The van der Waals surface area contributed by atoms with Gasteiger partial charge in [0.2, 0.25) is 12.2 Å². The van der Waals surface area contributed by atoms with Crippen LogP contribution in [0.4, 0.5) is 4.39 Å². The van der Waals surface area contributed by atoms with Gasteiger partial charge in [0, 0.05) is 32.4 Å². The van der Waals surface area contributed by atoms with Crippen molar-refractivity contribution < 1.29 is 18.5 Å². The van der Waals surface area contributed by atoms with Crippen LogP contribution in [-0.4, -0.2) is 54.8 Å². The minimum atomic E-state index is -0.387. The molecule has 0 unspecified atom stereocenters. The summed E-state index contributed by atoms with van der Waals surface area (Å²) in [7, 11) is 0. The Morgan fingerprint density at radius 1 is 1.00 bits per heavy atom. The van der Waals surface area contributed by atoms with Crippen LogP contribution >= 0.6 is 0 Å². The standard InChI is InChI=1S/C12H15N3O2.C7H4FN3O/c1-9(16)10-11(14-6-5-13-10)12(17)15-7-3-2-4-8-15;8-5-1-2-6(9-3-5)7-10-4-12-11-7/h5-6H,2-4,7-8H2,1H3;1-4H. The summed E-state index contributed by atoms with van der Waals surface area (Å²) in [4.78, 5) is 40.8. The number of hydrogen-bond donors (Lipinski definition) is 0. The second-order valence-electron chi connectivity index (χ2n) is 6.28. The number of amides is 1. The summed E-state index contributed by atoms with van der Waals surface area (Å²) in [5.41, 5.74) is 0.843. The lowest BCUT2D eigenvalue weighted by molar-refractivity contribution is 0.0713. The minimum Gasteiger partial charge on any atom is -0.342 e. The summed E-state index contributed by atoms with van der Waals surface area (Å²) in [5, 5.41) is 3.55. The molecule has 1 aliphatic heterocycles. The molecule has 0 N–H and O–H groups in total. The SMILES string of the molecule is CC(=O)c1nccnc1C(=O)N1CCCCC1.Fc1ccc(-c2ncon2)nc1. The van der Waals surface area contributed by atoms with Crippen molar-refractivity contribution in [2.75, 3.05) is 13.1 Å². The van der Waals surface area contributed by atoms with Crippen molar-refractivity contribution in [3.63, 3.8) is 0 Å². The highest BCUT2D eigenvalue weighted by Crippen LogP contribution is 2.14. The lowest BCUT2D eigenvalue weighted by Crippen LogP contribution is -2.37. The van der Waals surface area contributed by atoms with Crippen molar-refractivity contribution in [3.05, 3.63) is 54.3 Å². The number of halogens is 1. The van der Waals surface area contributed by atoms with Crippen molar-refractivity contribution >= 4 is 11.7 Å². The quantitative estimate of drug-likeness (QED) is 0.618. The number of rotatable bonds is 3. The lowest BCUT2D eigenvalue weighted by atomic mass is 10.1. The Bertz CT molecular complexity index is 956. The molecule has 4 rings (SSSR count). The fourth-order valence-corrected chi connectivity index (χ4v) is 2.79. The van der Waals surface area contributed by atoms with E-state index in [1.165, 1.54) is 37.8 Å². The van der Waals surface area contributed by atoms with E-state index in [9.17, 15) is 14.0 Å². The first-order valence-corrected chi connectivity index (χ1v) is 9.06. The van der Waals surface area contributed by atoms with Crippen LogP contribution in [0.5, 0.6) is 0 Å². The first kappa shape index (κ1) is 20.2. The summed E-state index contributed by atoms with van der Waals surface area (Å²) in [5.74, 6) is -0.432. The second kappa shape index (κ2) is 9.58. The molecule has 9 nitrogen and oxygen atoms in total. The fraction of sp³-hybridized carbons (Fsp3) is 0.316. The highest BCUT2D eigenvalue weighted by atomic mass is 19.1. The molecule has 1 aliphatic rings. The highest BCUT2D eigenvalue weighted by Gasteiger charge is 2.23. The molecule has 29 heavy (non-hydrogen) atoms. The number of likely N-dealkylation sites (tertiary alicyclic amines) is 1. The van der Waals surface area contributed by atoms with Gasteiger partial charge in [-0.2, -0.15) is 4.98 Å². The Morgan fingerprint density at radius 2 is 1.72 bits per heavy atom. The summed E-state index contributed by atoms with van der Waals surface area (Å²) in [6.07, 6.45) is 8.37. The molecule has 4 heterocycles. The summed E-state index contributed by atoms with van der Waals surface area (Å²) in [6.45, 7) is 2.89. The van der Waals surface area contributed by atoms with E-state index >= 15 is 0 Å². The molecule has 0 spiro atoms. The van der Waals surface area contributed by atoms with Crippen LogP contribution in [0, 0.1) is 5.82 Å². The Morgan fingerprint density at radius 3 is 2.31 bits per heavy atom. The zero-order chi connectivity index (χ0) is 20.6. The van der Waals surface area contributed by atoms with Crippen molar-refractivity contribution in [1.82, 2.24) is 30.0 Å². The van der Waals surface area contributed by atoms with Crippen LogP contribution in [0.25, 0.3) is 11.5 Å². The van der Waals surface area contributed by atoms with E-state index in [2.05, 4.69) is 29.6 Å². The van der Waals surface area contributed by atoms with Crippen LogP contribution in [0.15, 0.2) is 41.6 Å². The number of piperidine rings is 1. The number of ketones is 1. The van der Waals surface area contributed by atoms with Gasteiger partial charge in [-0.15, -0.1) is 0 Å². The van der Waals surface area contributed by atoms with Crippen LogP contribution in [0.2, 0.25) is 0 Å². The Labute approximate surface area is 166 Å². The number of nitrogens with zero attached hydrogens (tertiary/aromatic N) is 6. The molecule has 1 fully saturated rings. The van der Waals surface area contributed by atoms with Gasteiger partial charge in [-0.1, -0.05) is 5.16 Å². The van der Waals surface area contributed by atoms with E-state index in [1.807, 2.05) is 0 Å². The van der Waals surface area contributed by atoms with Gasteiger partial charge in [-0.25, -0.2) is 19.3 Å². The lowest BCUT2D eigenvalue weighted by Gasteiger charge is -2.26. The molecular weight excluding hydrogens is 379 g/mol. The van der Waals surface area contributed by atoms with Gasteiger partial charge < -0.3 is 9.42 Å².